The quantitative estimate of drug-likeness (QED) is 0.288. The maximum Gasteiger partial charge on any atom is 0.133 e. The average molecular weight is 398 g/mol. The standard InChI is InChI=1S/C23H40NO2.ClH/c1-8-14-24(6,7)15-16-25-19-23(17-20(2)3,18-21(4)5)26-22-12-10-9-11-13-22;/h8-13,20-21H,1,14-19H2,2-7H3;1H/q+1;/p-1. The van der Waals surface area contributed by atoms with Crippen molar-refractivity contribution in [3.05, 3.63) is 43.0 Å². The van der Waals surface area contributed by atoms with E-state index in [1.54, 1.807) is 0 Å². The molecule has 1 rings (SSSR count). The van der Waals surface area contributed by atoms with Crippen LogP contribution in [0.3, 0.4) is 0 Å². The highest BCUT2D eigenvalue weighted by Crippen LogP contribution is 2.31. The van der Waals surface area contributed by atoms with Crippen molar-refractivity contribution in [1.82, 2.24) is 0 Å². The fourth-order valence-corrected chi connectivity index (χ4v) is 3.55. The molecule has 0 amide bonds. The van der Waals surface area contributed by atoms with Gasteiger partial charge in [0, 0.05) is 0 Å². The van der Waals surface area contributed by atoms with Crippen LogP contribution < -0.4 is 17.1 Å². The number of hydrogen-bond acceptors (Lipinski definition) is 2. The third kappa shape index (κ3) is 10.8. The van der Waals surface area contributed by atoms with Crippen LogP contribution in [0.5, 0.6) is 5.75 Å². The number of halogens is 1. The van der Waals surface area contributed by atoms with Gasteiger partial charge in [0.05, 0.1) is 33.9 Å². The molecule has 0 unspecified atom stereocenters. The molecule has 1 aromatic rings. The average Bonchev–Trinajstić information content (AvgIpc) is 2.51. The number of para-hydroxylation sites is 1. The molecule has 0 atom stereocenters. The maximum atomic E-state index is 6.56. The van der Waals surface area contributed by atoms with E-state index in [1.807, 2.05) is 36.4 Å². The second-order valence-corrected chi connectivity index (χ2v) is 8.98. The lowest BCUT2D eigenvalue weighted by molar-refractivity contribution is -0.884. The predicted molar refractivity (Wildman–Crippen MR) is 112 cm³/mol. The van der Waals surface area contributed by atoms with Crippen LogP contribution in [0.2, 0.25) is 0 Å². The molecule has 0 aromatic heterocycles. The molecular formula is C23H40ClNO2. The van der Waals surface area contributed by atoms with Crippen molar-refractivity contribution in [3.8, 4) is 5.75 Å². The van der Waals surface area contributed by atoms with Crippen molar-refractivity contribution in [2.45, 2.75) is 46.1 Å². The SMILES string of the molecule is C=CC[N+](C)(C)CCOCC(CC(C)C)(CC(C)C)Oc1ccccc1.[Cl-]. The molecule has 27 heavy (non-hydrogen) atoms. The first-order chi connectivity index (χ1) is 12.2. The lowest BCUT2D eigenvalue weighted by atomic mass is 9.85. The number of hydrogen-bond donors (Lipinski definition) is 0. The molecule has 0 saturated heterocycles. The minimum atomic E-state index is -0.279. The number of benzene rings is 1. The minimum absolute atomic E-state index is 0. The fraction of sp³-hybridized carbons (Fsp3) is 0.652. The van der Waals surface area contributed by atoms with E-state index < -0.39 is 0 Å². The van der Waals surface area contributed by atoms with Gasteiger partial charge < -0.3 is 26.4 Å². The van der Waals surface area contributed by atoms with Gasteiger partial charge in [0.15, 0.2) is 0 Å². The third-order valence-electron chi connectivity index (χ3n) is 4.47. The molecule has 1 aromatic carbocycles. The van der Waals surface area contributed by atoms with Gasteiger partial charge in [-0.1, -0.05) is 52.5 Å². The first kappa shape index (κ1) is 26.0. The second kappa shape index (κ2) is 12.4. The second-order valence-electron chi connectivity index (χ2n) is 8.98. The summed E-state index contributed by atoms with van der Waals surface area (Å²) >= 11 is 0. The van der Waals surface area contributed by atoms with Crippen molar-refractivity contribution in [1.29, 1.82) is 0 Å². The summed E-state index contributed by atoms with van der Waals surface area (Å²) in [5, 5.41) is 0. The Bertz CT molecular complexity index is 504. The summed E-state index contributed by atoms with van der Waals surface area (Å²) in [7, 11) is 4.42. The summed E-state index contributed by atoms with van der Waals surface area (Å²) in [6.07, 6.45) is 3.95. The highest BCUT2D eigenvalue weighted by molar-refractivity contribution is 5.22. The molecule has 0 radical (unpaired) electrons. The van der Waals surface area contributed by atoms with E-state index in [0.29, 0.717) is 18.4 Å². The highest BCUT2D eigenvalue weighted by atomic mass is 35.5. The van der Waals surface area contributed by atoms with Gasteiger partial charge in [-0.15, -0.1) is 0 Å². The molecule has 0 saturated carbocycles. The van der Waals surface area contributed by atoms with E-state index in [2.05, 4.69) is 48.4 Å². The molecule has 156 valence electrons. The number of likely N-dealkylation sites (N-methyl/N-ethyl adjacent to an activating group) is 1. The van der Waals surface area contributed by atoms with Crippen LogP contribution in [-0.4, -0.2) is 50.5 Å². The van der Waals surface area contributed by atoms with Crippen molar-refractivity contribution in [3.63, 3.8) is 0 Å². The molecule has 0 aliphatic carbocycles. The van der Waals surface area contributed by atoms with Crippen LogP contribution in [-0.2, 0) is 4.74 Å². The number of quaternary nitrogens is 1. The van der Waals surface area contributed by atoms with E-state index in [-0.39, 0.29) is 18.0 Å². The van der Waals surface area contributed by atoms with Crippen molar-refractivity contribution < 1.29 is 26.4 Å². The zero-order valence-corrected chi connectivity index (χ0v) is 19.0. The van der Waals surface area contributed by atoms with Crippen LogP contribution in [0.15, 0.2) is 43.0 Å². The lowest BCUT2D eigenvalue weighted by Crippen LogP contribution is -3.00. The van der Waals surface area contributed by atoms with E-state index in [0.717, 1.165) is 42.8 Å². The van der Waals surface area contributed by atoms with E-state index in [9.17, 15) is 0 Å². The van der Waals surface area contributed by atoms with Gasteiger partial charge in [0.25, 0.3) is 0 Å². The Morgan fingerprint density at radius 3 is 2.07 bits per heavy atom. The molecule has 0 spiro atoms. The normalized spacial score (nSPS) is 12.1. The Balaban J connectivity index is 0.00000676. The maximum absolute atomic E-state index is 6.56. The zero-order valence-electron chi connectivity index (χ0n) is 18.2. The van der Waals surface area contributed by atoms with E-state index in [1.165, 1.54) is 0 Å². The molecule has 4 heteroatoms. The number of ether oxygens (including phenoxy) is 2. The first-order valence-corrected chi connectivity index (χ1v) is 9.93. The Morgan fingerprint density at radius 1 is 1.04 bits per heavy atom. The summed E-state index contributed by atoms with van der Waals surface area (Å²) < 4.78 is 13.6. The Hall–Kier alpha value is -1.03. The van der Waals surface area contributed by atoms with Crippen LogP contribution in [0.4, 0.5) is 0 Å². The monoisotopic (exact) mass is 397 g/mol. The number of rotatable bonds is 13. The highest BCUT2D eigenvalue weighted by Gasteiger charge is 2.35. The predicted octanol–water partition coefficient (Wildman–Crippen LogP) is 2.18. The summed E-state index contributed by atoms with van der Waals surface area (Å²) in [6, 6.07) is 10.2. The van der Waals surface area contributed by atoms with E-state index >= 15 is 0 Å². The van der Waals surface area contributed by atoms with Gasteiger partial charge in [-0.25, -0.2) is 0 Å². The number of nitrogens with zero attached hydrogens (tertiary/aromatic N) is 1. The molecule has 0 aliphatic rings. The molecule has 3 nitrogen and oxygen atoms in total. The molecule has 0 aliphatic heterocycles. The summed E-state index contributed by atoms with van der Waals surface area (Å²) in [5.74, 6) is 2.03. The van der Waals surface area contributed by atoms with Crippen LogP contribution in [0.25, 0.3) is 0 Å². The summed E-state index contributed by atoms with van der Waals surface area (Å²) in [5.41, 5.74) is -0.279. The molecule has 0 fully saturated rings. The molecule has 0 bridgehead atoms. The van der Waals surface area contributed by atoms with Gasteiger partial charge in [0.2, 0.25) is 0 Å². The Labute approximate surface area is 173 Å². The molecule has 0 N–H and O–H groups in total. The first-order valence-electron chi connectivity index (χ1n) is 9.93. The van der Waals surface area contributed by atoms with E-state index in [4.69, 9.17) is 9.47 Å². The topological polar surface area (TPSA) is 18.5 Å². The van der Waals surface area contributed by atoms with Crippen molar-refractivity contribution in [2.24, 2.45) is 11.8 Å². The van der Waals surface area contributed by atoms with Gasteiger partial charge in [-0.2, -0.15) is 0 Å². The summed E-state index contributed by atoms with van der Waals surface area (Å²) in [4.78, 5) is 0. The third-order valence-corrected chi connectivity index (χ3v) is 4.47. The smallest absolute Gasteiger partial charge is 0.133 e. The largest absolute Gasteiger partial charge is 1.00 e. The lowest BCUT2D eigenvalue weighted by Gasteiger charge is -2.37. The Kier molecular flexibility index (Phi) is 12.0. The van der Waals surface area contributed by atoms with Gasteiger partial charge in [-0.3, -0.25) is 0 Å². The molecular weight excluding hydrogens is 358 g/mol. The van der Waals surface area contributed by atoms with Crippen molar-refractivity contribution in [2.75, 3.05) is 40.4 Å². The van der Waals surface area contributed by atoms with Crippen LogP contribution >= 0.6 is 0 Å². The van der Waals surface area contributed by atoms with Gasteiger partial charge in [0.1, 0.15) is 17.9 Å². The van der Waals surface area contributed by atoms with Crippen LogP contribution in [0.1, 0.15) is 40.5 Å². The summed E-state index contributed by atoms with van der Waals surface area (Å²) in [6.45, 7) is 16.2. The Morgan fingerprint density at radius 2 is 1.59 bits per heavy atom. The van der Waals surface area contributed by atoms with Crippen LogP contribution in [0, 0.1) is 11.8 Å². The zero-order chi connectivity index (χ0) is 19.6. The fourth-order valence-electron chi connectivity index (χ4n) is 3.55. The minimum Gasteiger partial charge on any atom is -1.00 e. The van der Waals surface area contributed by atoms with Crippen molar-refractivity contribution >= 4 is 0 Å². The molecule has 0 heterocycles. The van der Waals surface area contributed by atoms with Gasteiger partial charge in [-0.05, 0) is 42.9 Å². The van der Waals surface area contributed by atoms with Gasteiger partial charge >= 0.3 is 0 Å².